The number of ether oxygens (including phenoxy) is 1. The average Bonchev–Trinajstić information content (AvgIpc) is 2.92. The fourth-order valence-electron chi connectivity index (χ4n) is 2.01. The minimum atomic E-state index is -0.303. The Morgan fingerprint density at radius 3 is 2.58 bits per heavy atom. The molecule has 7 heteroatoms. The van der Waals surface area contributed by atoms with E-state index in [2.05, 4.69) is 9.97 Å². The molecular weight excluding hydrogens is 248 g/mol. The predicted molar refractivity (Wildman–Crippen MR) is 67.5 cm³/mol. The zero-order valence-electron chi connectivity index (χ0n) is 11.0. The molecule has 1 saturated heterocycles. The first kappa shape index (κ1) is 13.4. The summed E-state index contributed by atoms with van der Waals surface area (Å²) in [5.74, 6) is 0.0489. The van der Waals surface area contributed by atoms with Crippen molar-refractivity contribution in [2.24, 2.45) is 0 Å². The van der Waals surface area contributed by atoms with Crippen molar-refractivity contribution < 1.29 is 14.3 Å². The number of imidazole rings is 1. The number of amides is 2. The van der Waals surface area contributed by atoms with Crippen LogP contribution < -0.4 is 0 Å². The van der Waals surface area contributed by atoms with Gasteiger partial charge in [0.05, 0.1) is 19.4 Å². The fraction of sp³-hybridized carbons (Fsp3) is 0.583. The molecule has 0 atom stereocenters. The first-order valence-corrected chi connectivity index (χ1v) is 6.37. The van der Waals surface area contributed by atoms with Gasteiger partial charge in [-0.15, -0.1) is 0 Å². The number of carbonyl (C=O) groups excluding carboxylic acids is 2. The van der Waals surface area contributed by atoms with Crippen LogP contribution in [0.3, 0.4) is 0 Å². The highest BCUT2D eigenvalue weighted by Crippen LogP contribution is 2.06. The van der Waals surface area contributed by atoms with Gasteiger partial charge in [-0.1, -0.05) is 0 Å². The molecular formula is C12H18N4O3. The predicted octanol–water partition coefficient (Wildman–Crippen LogP) is 0.253. The highest BCUT2D eigenvalue weighted by molar-refractivity contribution is 5.78. The molecule has 0 spiro atoms. The Kier molecular flexibility index (Phi) is 4.38. The largest absolute Gasteiger partial charge is 0.450 e. The third-order valence-corrected chi connectivity index (χ3v) is 3.05. The molecule has 0 saturated carbocycles. The number of hydrogen-bond donors (Lipinski definition) is 1. The Morgan fingerprint density at radius 2 is 2.00 bits per heavy atom. The molecule has 0 unspecified atom stereocenters. The highest BCUT2D eigenvalue weighted by Gasteiger charge is 2.24. The summed E-state index contributed by atoms with van der Waals surface area (Å²) < 4.78 is 4.93. The zero-order chi connectivity index (χ0) is 13.7. The maximum absolute atomic E-state index is 12.0. The van der Waals surface area contributed by atoms with Crippen molar-refractivity contribution in [3.05, 3.63) is 18.2 Å². The molecule has 1 aliphatic heterocycles. The number of carbonyl (C=O) groups is 2. The van der Waals surface area contributed by atoms with Crippen LogP contribution in [-0.4, -0.2) is 64.6 Å². The average molecular weight is 266 g/mol. The molecule has 1 aromatic heterocycles. The number of aromatic amines is 1. The molecule has 0 aliphatic carbocycles. The lowest BCUT2D eigenvalue weighted by Crippen LogP contribution is -2.51. The molecule has 1 N–H and O–H groups in total. The number of piperazine rings is 1. The second-order valence-electron chi connectivity index (χ2n) is 4.32. The fourth-order valence-corrected chi connectivity index (χ4v) is 2.01. The number of nitrogens with zero attached hydrogens (tertiary/aromatic N) is 3. The van der Waals surface area contributed by atoms with Crippen molar-refractivity contribution in [2.45, 2.75) is 13.3 Å². The van der Waals surface area contributed by atoms with Crippen molar-refractivity contribution in [2.75, 3.05) is 32.8 Å². The molecule has 0 bridgehead atoms. The number of hydrogen-bond acceptors (Lipinski definition) is 4. The standard InChI is InChI=1S/C12H18N4O3/c1-2-19-12(18)16-5-3-15(4-6-16)11(17)7-10-8-13-9-14-10/h8-9H,2-7H2,1H3,(H,13,14). The van der Waals surface area contributed by atoms with Crippen LogP contribution in [0.4, 0.5) is 4.79 Å². The van der Waals surface area contributed by atoms with E-state index in [1.165, 1.54) is 0 Å². The molecule has 7 nitrogen and oxygen atoms in total. The van der Waals surface area contributed by atoms with Crippen LogP contribution in [0.25, 0.3) is 0 Å². The summed E-state index contributed by atoms with van der Waals surface area (Å²) in [5.41, 5.74) is 0.804. The van der Waals surface area contributed by atoms with E-state index in [0.717, 1.165) is 5.69 Å². The van der Waals surface area contributed by atoms with E-state index in [-0.39, 0.29) is 12.0 Å². The quantitative estimate of drug-likeness (QED) is 0.850. The summed E-state index contributed by atoms with van der Waals surface area (Å²) in [4.78, 5) is 33.7. The van der Waals surface area contributed by atoms with Crippen LogP contribution in [0.15, 0.2) is 12.5 Å². The Balaban J connectivity index is 1.79. The molecule has 1 fully saturated rings. The first-order valence-electron chi connectivity index (χ1n) is 6.37. The number of H-pyrrole nitrogens is 1. The van der Waals surface area contributed by atoms with E-state index >= 15 is 0 Å². The van der Waals surface area contributed by atoms with Gasteiger partial charge in [-0.05, 0) is 6.92 Å². The summed E-state index contributed by atoms with van der Waals surface area (Å²) in [6, 6.07) is 0. The van der Waals surface area contributed by atoms with Crippen LogP contribution in [0.2, 0.25) is 0 Å². The Morgan fingerprint density at radius 1 is 1.32 bits per heavy atom. The van der Waals surface area contributed by atoms with Crippen molar-refractivity contribution in [1.82, 2.24) is 19.8 Å². The third kappa shape index (κ3) is 3.46. The van der Waals surface area contributed by atoms with E-state index in [9.17, 15) is 9.59 Å². The summed E-state index contributed by atoms with van der Waals surface area (Å²) in [7, 11) is 0. The first-order chi connectivity index (χ1) is 9.20. The Hall–Kier alpha value is -2.05. The van der Waals surface area contributed by atoms with Gasteiger partial charge in [-0.25, -0.2) is 9.78 Å². The van der Waals surface area contributed by atoms with Gasteiger partial charge in [-0.3, -0.25) is 4.79 Å². The van der Waals surface area contributed by atoms with Crippen molar-refractivity contribution in [3.63, 3.8) is 0 Å². The van der Waals surface area contributed by atoms with Crippen molar-refractivity contribution in [3.8, 4) is 0 Å². The summed E-state index contributed by atoms with van der Waals surface area (Å²) in [5, 5.41) is 0. The summed E-state index contributed by atoms with van der Waals surface area (Å²) in [6.45, 7) is 4.29. The lowest BCUT2D eigenvalue weighted by Gasteiger charge is -2.34. The van der Waals surface area contributed by atoms with Crippen molar-refractivity contribution >= 4 is 12.0 Å². The number of nitrogens with one attached hydrogen (secondary N) is 1. The van der Waals surface area contributed by atoms with E-state index in [4.69, 9.17) is 4.74 Å². The summed E-state index contributed by atoms with van der Waals surface area (Å²) in [6.07, 6.45) is 3.22. The molecule has 2 amide bonds. The van der Waals surface area contributed by atoms with Crippen molar-refractivity contribution in [1.29, 1.82) is 0 Å². The Bertz CT molecular complexity index is 424. The lowest BCUT2D eigenvalue weighted by molar-refractivity contribution is -0.132. The van der Waals surface area contributed by atoms with Crippen LogP contribution >= 0.6 is 0 Å². The molecule has 2 heterocycles. The van der Waals surface area contributed by atoms with E-state index < -0.39 is 0 Å². The van der Waals surface area contributed by atoms with E-state index in [1.807, 2.05) is 0 Å². The smallest absolute Gasteiger partial charge is 0.409 e. The molecule has 0 radical (unpaired) electrons. The maximum atomic E-state index is 12.0. The van der Waals surface area contributed by atoms with Crippen LogP contribution in [0.1, 0.15) is 12.6 Å². The summed E-state index contributed by atoms with van der Waals surface area (Å²) >= 11 is 0. The van der Waals surface area contributed by atoms with Gasteiger partial charge in [0, 0.05) is 38.1 Å². The molecule has 104 valence electrons. The van der Waals surface area contributed by atoms with Gasteiger partial charge in [0.1, 0.15) is 0 Å². The van der Waals surface area contributed by atoms with E-state index in [1.54, 1.807) is 29.2 Å². The van der Waals surface area contributed by atoms with Crippen LogP contribution in [-0.2, 0) is 16.0 Å². The lowest BCUT2D eigenvalue weighted by atomic mass is 10.2. The molecule has 0 aromatic carbocycles. The minimum absolute atomic E-state index is 0.0489. The van der Waals surface area contributed by atoms with Gasteiger partial charge < -0.3 is 19.5 Å². The highest BCUT2D eigenvalue weighted by atomic mass is 16.6. The molecule has 1 aliphatic rings. The second-order valence-corrected chi connectivity index (χ2v) is 4.32. The van der Waals surface area contributed by atoms with Gasteiger partial charge >= 0.3 is 6.09 Å². The molecule has 2 rings (SSSR count). The SMILES string of the molecule is CCOC(=O)N1CCN(C(=O)Cc2cnc[nH]2)CC1. The topological polar surface area (TPSA) is 78.5 Å². The molecule has 1 aromatic rings. The normalized spacial score (nSPS) is 15.4. The number of aromatic nitrogens is 2. The monoisotopic (exact) mass is 266 g/mol. The second kappa shape index (κ2) is 6.21. The third-order valence-electron chi connectivity index (χ3n) is 3.05. The minimum Gasteiger partial charge on any atom is -0.450 e. The zero-order valence-corrected chi connectivity index (χ0v) is 11.0. The van der Waals surface area contributed by atoms with Crippen LogP contribution in [0.5, 0.6) is 0 Å². The maximum Gasteiger partial charge on any atom is 0.409 e. The van der Waals surface area contributed by atoms with E-state index in [0.29, 0.717) is 39.2 Å². The van der Waals surface area contributed by atoms with Gasteiger partial charge in [0.25, 0.3) is 0 Å². The van der Waals surface area contributed by atoms with Gasteiger partial charge in [0.2, 0.25) is 5.91 Å². The van der Waals surface area contributed by atoms with Gasteiger partial charge in [-0.2, -0.15) is 0 Å². The Labute approximate surface area is 111 Å². The van der Waals surface area contributed by atoms with Gasteiger partial charge in [0.15, 0.2) is 0 Å². The number of rotatable bonds is 3. The van der Waals surface area contributed by atoms with Crippen LogP contribution in [0, 0.1) is 0 Å². The molecule has 19 heavy (non-hydrogen) atoms.